The second-order valence-corrected chi connectivity index (χ2v) is 8.90. The molecule has 0 amide bonds. The number of rotatable bonds is 4. The third-order valence-corrected chi connectivity index (χ3v) is 7.17. The minimum Gasteiger partial charge on any atom is -0.431 e. The van der Waals surface area contributed by atoms with Crippen LogP contribution in [0.5, 0.6) is 5.75 Å². The zero-order valence-electron chi connectivity index (χ0n) is 17.3. The number of anilines is 1. The van der Waals surface area contributed by atoms with Crippen molar-refractivity contribution >= 4 is 5.82 Å². The molecule has 4 unspecified atom stereocenters. The lowest BCUT2D eigenvalue weighted by Crippen LogP contribution is -2.44. The van der Waals surface area contributed by atoms with Crippen LogP contribution < -0.4 is 10.5 Å². The molecule has 2 fully saturated rings. The topological polar surface area (TPSA) is 78.4 Å². The molecule has 0 bridgehead atoms. The van der Waals surface area contributed by atoms with Crippen LogP contribution in [0.1, 0.15) is 37.4 Å². The second kappa shape index (κ2) is 7.00. The summed E-state index contributed by atoms with van der Waals surface area (Å²) in [4.78, 5) is 6.62. The maximum absolute atomic E-state index is 12.7. The molecule has 4 heterocycles. The van der Waals surface area contributed by atoms with E-state index < -0.39 is 6.61 Å². The zero-order valence-corrected chi connectivity index (χ0v) is 17.3. The van der Waals surface area contributed by atoms with Gasteiger partial charge in [0, 0.05) is 42.5 Å². The highest BCUT2D eigenvalue weighted by molar-refractivity contribution is 5.66. The summed E-state index contributed by atoms with van der Waals surface area (Å²) in [6.45, 7) is 2.91. The monoisotopic (exact) mass is 429 g/mol. The first-order chi connectivity index (χ1) is 15.0. The molecule has 2 aromatic heterocycles. The quantitative estimate of drug-likeness (QED) is 0.752. The van der Waals surface area contributed by atoms with E-state index in [0.717, 1.165) is 32.7 Å². The second-order valence-electron chi connectivity index (χ2n) is 8.90. The number of halogens is 2. The van der Waals surface area contributed by atoms with E-state index in [1.165, 1.54) is 18.2 Å². The highest BCUT2D eigenvalue weighted by atomic mass is 19.3. The van der Waals surface area contributed by atoms with Gasteiger partial charge in [-0.05, 0) is 37.8 Å². The fourth-order valence-corrected chi connectivity index (χ4v) is 5.80. The molecule has 31 heavy (non-hydrogen) atoms. The van der Waals surface area contributed by atoms with Crippen LogP contribution in [0, 0.1) is 5.92 Å². The molecule has 2 N–H and O–H groups in total. The lowest BCUT2D eigenvalue weighted by molar-refractivity contribution is -0.0494. The first-order valence-electron chi connectivity index (χ1n) is 10.9. The van der Waals surface area contributed by atoms with Crippen molar-refractivity contribution in [2.45, 2.75) is 44.4 Å². The Morgan fingerprint density at radius 1 is 1.26 bits per heavy atom. The molecule has 4 aliphatic rings. The highest BCUT2D eigenvalue weighted by Crippen LogP contribution is 2.65. The number of fused-ring (bicyclic) bond motifs is 3. The van der Waals surface area contributed by atoms with Crippen molar-refractivity contribution in [3.05, 3.63) is 35.2 Å². The van der Waals surface area contributed by atoms with Crippen molar-refractivity contribution in [3.63, 3.8) is 0 Å². The zero-order chi connectivity index (χ0) is 21.3. The molecule has 4 atom stereocenters. The standard InChI is InChI=1S/C22H25F2N5O2/c1-11-6-13-16(28-2-4-30-5-3-28)8-14-19(13)20(14)17-9-15(27-29(11)17)12-7-18(31-22(23)24)21(25)26-10-12/h7,9-11,14,16,20,22H,2-6,8H2,1H3,(H2,25,26). The van der Waals surface area contributed by atoms with Crippen molar-refractivity contribution in [2.24, 2.45) is 5.92 Å². The number of morpholine rings is 1. The fraction of sp³-hybridized carbons (Fsp3) is 0.545. The van der Waals surface area contributed by atoms with Crippen LogP contribution in [0.3, 0.4) is 0 Å². The number of alkyl halides is 2. The average Bonchev–Trinajstić information content (AvgIpc) is 3.12. The summed E-state index contributed by atoms with van der Waals surface area (Å²) >= 11 is 0. The number of nitrogens with two attached hydrogens (primary N) is 1. The Morgan fingerprint density at radius 2 is 2.06 bits per heavy atom. The van der Waals surface area contributed by atoms with Gasteiger partial charge in [0.1, 0.15) is 0 Å². The van der Waals surface area contributed by atoms with Crippen LogP contribution in [0.15, 0.2) is 29.5 Å². The van der Waals surface area contributed by atoms with Crippen LogP contribution in [0.4, 0.5) is 14.6 Å². The van der Waals surface area contributed by atoms with Gasteiger partial charge in [0.15, 0.2) is 11.6 Å². The van der Waals surface area contributed by atoms with Gasteiger partial charge < -0.3 is 15.2 Å². The van der Waals surface area contributed by atoms with E-state index >= 15 is 0 Å². The van der Waals surface area contributed by atoms with Gasteiger partial charge in [-0.25, -0.2) is 4.98 Å². The van der Waals surface area contributed by atoms with Crippen molar-refractivity contribution in [2.75, 3.05) is 32.0 Å². The van der Waals surface area contributed by atoms with Crippen molar-refractivity contribution in [1.29, 1.82) is 0 Å². The Morgan fingerprint density at radius 3 is 2.84 bits per heavy atom. The molecule has 7 nitrogen and oxygen atoms in total. The summed E-state index contributed by atoms with van der Waals surface area (Å²) in [5.74, 6) is 0.849. The Bertz CT molecular complexity index is 1060. The molecule has 2 aromatic rings. The van der Waals surface area contributed by atoms with E-state index in [1.807, 2.05) is 0 Å². The van der Waals surface area contributed by atoms with Crippen LogP contribution >= 0.6 is 0 Å². The van der Waals surface area contributed by atoms with Crippen molar-refractivity contribution in [1.82, 2.24) is 19.7 Å². The van der Waals surface area contributed by atoms with Gasteiger partial charge in [-0.1, -0.05) is 11.1 Å². The van der Waals surface area contributed by atoms with Crippen molar-refractivity contribution in [3.8, 4) is 17.0 Å². The smallest absolute Gasteiger partial charge is 0.387 e. The molecule has 0 spiro atoms. The highest BCUT2D eigenvalue weighted by Gasteiger charge is 2.57. The first kappa shape index (κ1) is 19.2. The van der Waals surface area contributed by atoms with Gasteiger partial charge in [0.25, 0.3) is 0 Å². The van der Waals surface area contributed by atoms with Gasteiger partial charge >= 0.3 is 6.61 Å². The van der Waals surface area contributed by atoms with E-state index in [-0.39, 0.29) is 17.6 Å². The summed E-state index contributed by atoms with van der Waals surface area (Å²) in [6.07, 6.45) is 3.74. The lowest BCUT2D eigenvalue weighted by atomic mass is 9.96. The van der Waals surface area contributed by atoms with Crippen LogP contribution in [0.2, 0.25) is 0 Å². The molecule has 2 aliphatic heterocycles. The summed E-state index contributed by atoms with van der Waals surface area (Å²) in [6, 6.07) is 4.36. The molecule has 1 saturated heterocycles. The Kier molecular flexibility index (Phi) is 4.33. The fourth-order valence-electron chi connectivity index (χ4n) is 5.80. The van der Waals surface area contributed by atoms with E-state index in [9.17, 15) is 8.78 Å². The largest absolute Gasteiger partial charge is 0.431 e. The Labute approximate surface area is 178 Å². The number of nitrogen functional groups attached to an aromatic ring is 1. The lowest BCUT2D eigenvalue weighted by Gasteiger charge is -2.35. The third kappa shape index (κ3) is 3.05. The molecule has 2 aliphatic carbocycles. The van der Waals surface area contributed by atoms with E-state index in [1.54, 1.807) is 17.3 Å². The van der Waals surface area contributed by atoms with E-state index in [0.29, 0.717) is 29.1 Å². The molecule has 9 heteroatoms. The minimum absolute atomic E-state index is 0.0566. The molecule has 0 radical (unpaired) electrons. The maximum atomic E-state index is 12.7. The number of hydrogen-bond acceptors (Lipinski definition) is 6. The predicted molar refractivity (Wildman–Crippen MR) is 110 cm³/mol. The van der Waals surface area contributed by atoms with Gasteiger partial charge in [0.2, 0.25) is 0 Å². The predicted octanol–water partition coefficient (Wildman–Crippen LogP) is 3.21. The van der Waals surface area contributed by atoms with Crippen LogP contribution in [0.25, 0.3) is 11.3 Å². The van der Waals surface area contributed by atoms with Crippen LogP contribution in [-0.4, -0.2) is 58.6 Å². The SMILES string of the molecule is CC1CC2=C3C(CC2N2CCOCC2)C3c2cc(-c3cnc(N)c(OC(F)F)c3)nn21. The average molecular weight is 429 g/mol. The maximum Gasteiger partial charge on any atom is 0.387 e. The number of allylic oxidation sites excluding steroid dienone is 1. The van der Waals surface area contributed by atoms with Crippen molar-refractivity contribution < 1.29 is 18.3 Å². The number of ether oxygens (including phenoxy) is 2. The molecule has 6 rings (SSSR count). The van der Waals surface area contributed by atoms with Gasteiger partial charge in [0.05, 0.1) is 24.9 Å². The van der Waals surface area contributed by atoms with Gasteiger partial charge in [-0.3, -0.25) is 9.58 Å². The Hall–Kier alpha value is -2.52. The number of pyridine rings is 1. The molecule has 164 valence electrons. The summed E-state index contributed by atoms with van der Waals surface area (Å²) in [5, 5.41) is 4.86. The number of aromatic nitrogens is 3. The molecular formula is C22H25F2N5O2. The summed E-state index contributed by atoms with van der Waals surface area (Å²) in [5.41, 5.74) is 11.5. The number of hydrogen-bond donors (Lipinski definition) is 1. The summed E-state index contributed by atoms with van der Waals surface area (Å²) < 4.78 is 37.5. The van der Waals surface area contributed by atoms with Gasteiger partial charge in [-0.15, -0.1) is 0 Å². The Balaban J connectivity index is 1.32. The van der Waals surface area contributed by atoms with E-state index in [4.69, 9.17) is 15.6 Å². The van der Waals surface area contributed by atoms with E-state index in [2.05, 4.69) is 32.3 Å². The normalized spacial score (nSPS) is 29.7. The minimum atomic E-state index is -2.95. The van der Waals surface area contributed by atoms with Gasteiger partial charge in [-0.2, -0.15) is 13.9 Å². The summed E-state index contributed by atoms with van der Waals surface area (Å²) in [7, 11) is 0. The van der Waals surface area contributed by atoms with Crippen LogP contribution in [-0.2, 0) is 4.74 Å². The first-order valence-corrected chi connectivity index (χ1v) is 10.9. The number of nitrogens with zero attached hydrogens (tertiary/aromatic N) is 4. The molecule has 1 saturated carbocycles. The molecular weight excluding hydrogens is 404 g/mol. The molecule has 0 aromatic carbocycles. The third-order valence-electron chi connectivity index (χ3n) is 7.17.